The second kappa shape index (κ2) is 7.23. The standard InChI is InChI=1S/C13H24N4O2/c1-5-16(11(4)6-13(18)19)8-12-14-9-15-17(12)7-10(2)3/h9-11H,5-8H2,1-4H3,(H,18,19). The van der Waals surface area contributed by atoms with Crippen molar-refractivity contribution in [3.05, 3.63) is 12.2 Å². The zero-order chi connectivity index (χ0) is 14.4. The molecule has 1 heterocycles. The number of nitrogens with zero attached hydrogens (tertiary/aromatic N) is 4. The van der Waals surface area contributed by atoms with Crippen LogP contribution in [0.25, 0.3) is 0 Å². The molecule has 6 heteroatoms. The van der Waals surface area contributed by atoms with Gasteiger partial charge in [0.05, 0.1) is 13.0 Å². The van der Waals surface area contributed by atoms with E-state index in [1.165, 1.54) is 0 Å². The molecule has 1 unspecified atom stereocenters. The third kappa shape index (κ3) is 4.98. The molecule has 0 aliphatic heterocycles. The average Bonchev–Trinajstić information content (AvgIpc) is 2.71. The van der Waals surface area contributed by atoms with E-state index in [0.717, 1.165) is 18.9 Å². The number of rotatable bonds is 8. The van der Waals surface area contributed by atoms with Crippen LogP contribution in [0.2, 0.25) is 0 Å². The van der Waals surface area contributed by atoms with E-state index >= 15 is 0 Å². The number of carboxylic acid groups (broad SMARTS) is 1. The first-order valence-corrected chi connectivity index (χ1v) is 6.76. The molecule has 19 heavy (non-hydrogen) atoms. The first-order valence-electron chi connectivity index (χ1n) is 6.76. The van der Waals surface area contributed by atoms with Crippen molar-refractivity contribution in [1.82, 2.24) is 19.7 Å². The van der Waals surface area contributed by atoms with Crippen LogP contribution in [0.3, 0.4) is 0 Å². The highest BCUT2D eigenvalue weighted by Gasteiger charge is 2.18. The summed E-state index contributed by atoms with van der Waals surface area (Å²) in [4.78, 5) is 17.2. The van der Waals surface area contributed by atoms with Gasteiger partial charge in [0.1, 0.15) is 12.2 Å². The van der Waals surface area contributed by atoms with E-state index < -0.39 is 5.97 Å². The maximum Gasteiger partial charge on any atom is 0.304 e. The predicted molar refractivity (Wildman–Crippen MR) is 72.7 cm³/mol. The van der Waals surface area contributed by atoms with Gasteiger partial charge in [0.25, 0.3) is 0 Å². The van der Waals surface area contributed by atoms with Crippen LogP contribution >= 0.6 is 0 Å². The molecule has 6 nitrogen and oxygen atoms in total. The van der Waals surface area contributed by atoms with E-state index in [1.54, 1.807) is 6.33 Å². The smallest absolute Gasteiger partial charge is 0.304 e. The summed E-state index contributed by atoms with van der Waals surface area (Å²) in [7, 11) is 0. The van der Waals surface area contributed by atoms with E-state index in [2.05, 4.69) is 28.8 Å². The molecule has 0 aromatic carbocycles. The van der Waals surface area contributed by atoms with Crippen molar-refractivity contribution in [1.29, 1.82) is 0 Å². The van der Waals surface area contributed by atoms with E-state index in [-0.39, 0.29) is 12.5 Å². The monoisotopic (exact) mass is 268 g/mol. The van der Waals surface area contributed by atoms with Gasteiger partial charge in [-0.25, -0.2) is 9.67 Å². The van der Waals surface area contributed by atoms with Crippen LogP contribution in [0.5, 0.6) is 0 Å². The van der Waals surface area contributed by atoms with Gasteiger partial charge in [0.2, 0.25) is 0 Å². The van der Waals surface area contributed by atoms with Crippen molar-refractivity contribution in [3.8, 4) is 0 Å². The number of aromatic nitrogens is 3. The molecule has 0 saturated heterocycles. The van der Waals surface area contributed by atoms with Crippen molar-refractivity contribution in [2.24, 2.45) is 5.92 Å². The lowest BCUT2D eigenvalue weighted by Gasteiger charge is -2.26. The molecule has 1 atom stereocenters. The molecule has 0 bridgehead atoms. The van der Waals surface area contributed by atoms with E-state index in [4.69, 9.17) is 5.11 Å². The lowest BCUT2D eigenvalue weighted by molar-refractivity contribution is -0.138. The van der Waals surface area contributed by atoms with Gasteiger partial charge in [0.15, 0.2) is 0 Å². The van der Waals surface area contributed by atoms with Crippen LogP contribution in [-0.4, -0.2) is 43.3 Å². The van der Waals surface area contributed by atoms with Crippen molar-refractivity contribution in [3.63, 3.8) is 0 Å². The predicted octanol–water partition coefficient (Wildman–Crippen LogP) is 1.62. The molecule has 0 spiro atoms. The summed E-state index contributed by atoms with van der Waals surface area (Å²) >= 11 is 0. The summed E-state index contributed by atoms with van der Waals surface area (Å²) < 4.78 is 1.90. The molecule has 0 amide bonds. The van der Waals surface area contributed by atoms with Crippen LogP contribution in [0.4, 0.5) is 0 Å². The molecule has 0 aliphatic carbocycles. The van der Waals surface area contributed by atoms with Gasteiger partial charge in [-0.3, -0.25) is 9.69 Å². The third-order valence-corrected chi connectivity index (χ3v) is 3.08. The van der Waals surface area contributed by atoms with Crippen molar-refractivity contribution in [2.45, 2.75) is 53.2 Å². The number of carbonyl (C=O) groups is 1. The van der Waals surface area contributed by atoms with Crippen LogP contribution in [0, 0.1) is 5.92 Å². The summed E-state index contributed by atoms with van der Waals surface area (Å²) in [5, 5.41) is 13.1. The van der Waals surface area contributed by atoms with E-state index in [1.807, 2.05) is 18.5 Å². The summed E-state index contributed by atoms with van der Waals surface area (Å²) in [5.74, 6) is 0.634. The maximum atomic E-state index is 10.8. The Morgan fingerprint density at radius 2 is 2.16 bits per heavy atom. The molecular formula is C13H24N4O2. The largest absolute Gasteiger partial charge is 0.481 e. The lowest BCUT2D eigenvalue weighted by atomic mass is 10.2. The molecule has 1 aromatic rings. The summed E-state index contributed by atoms with van der Waals surface area (Å²) in [6, 6.07) is -0.00769. The quantitative estimate of drug-likeness (QED) is 0.775. The highest BCUT2D eigenvalue weighted by molar-refractivity contribution is 5.67. The van der Waals surface area contributed by atoms with Gasteiger partial charge >= 0.3 is 5.97 Å². The summed E-state index contributed by atoms with van der Waals surface area (Å²) in [5.41, 5.74) is 0. The van der Waals surface area contributed by atoms with Crippen LogP contribution < -0.4 is 0 Å². The van der Waals surface area contributed by atoms with Crippen LogP contribution in [0.1, 0.15) is 39.9 Å². The number of aliphatic carboxylic acids is 1. The Morgan fingerprint density at radius 1 is 1.47 bits per heavy atom. The minimum absolute atomic E-state index is 0.00769. The Balaban J connectivity index is 2.70. The fraction of sp³-hybridized carbons (Fsp3) is 0.769. The van der Waals surface area contributed by atoms with E-state index in [9.17, 15) is 4.79 Å². The SMILES string of the molecule is CCN(Cc1ncnn1CC(C)C)C(C)CC(=O)O. The fourth-order valence-corrected chi connectivity index (χ4v) is 2.05. The van der Waals surface area contributed by atoms with Crippen LogP contribution in [0.15, 0.2) is 6.33 Å². The molecule has 1 N–H and O–H groups in total. The maximum absolute atomic E-state index is 10.8. The highest BCUT2D eigenvalue weighted by atomic mass is 16.4. The molecular weight excluding hydrogens is 244 g/mol. The summed E-state index contributed by atoms with van der Waals surface area (Å²) in [6.07, 6.45) is 1.71. The molecule has 0 radical (unpaired) electrons. The molecule has 1 rings (SSSR count). The molecule has 0 fully saturated rings. The number of hydrogen-bond donors (Lipinski definition) is 1. The topological polar surface area (TPSA) is 71.2 Å². The van der Waals surface area contributed by atoms with Gasteiger partial charge in [-0.1, -0.05) is 20.8 Å². The highest BCUT2D eigenvalue weighted by Crippen LogP contribution is 2.10. The van der Waals surface area contributed by atoms with Gasteiger partial charge in [-0.2, -0.15) is 5.10 Å². The Hall–Kier alpha value is -1.43. The second-order valence-electron chi connectivity index (χ2n) is 5.26. The first kappa shape index (κ1) is 15.6. The van der Waals surface area contributed by atoms with Crippen molar-refractivity contribution < 1.29 is 9.90 Å². The Morgan fingerprint density at radius 3 is 2.68 bits per heavy atom. The van der Waals surface area contributed by atoms with Gasteiger partial charge in [-0.05, 0) is 19.4 Å². The Kier molecular flexibility index (Phi) is 5.95. The normalized spacial score (nSPS) is 13.2. The molecule has 108 valence electrons. The number of carboxylic acids is 1. The summed E-state index contributed by atoms with van der Waals surface area (Å²) in [6.45, 7) is 10.5. The molecule has 0 saturated carbocycles. The molecule has 1 aromatic heterocycles. The van der Waals surface area contributed by atoms with Crippen LogP contribution in [-0.2, 0) is 17.9 Å². The fourth-order valence-electron chi connectivity index (χ4n) is 2.05. The Labute approximate surface area is 114 Å². The zero-order valence-electron chi connectivity index (χ0n) is 12.2. The first-order chi connectivity index (χ1) is 8.93. The Bertz CT molecular complexity index is 403. The van der Waals surface area contributed by atoms with Crippen molar-refractivity contribution in [2.75, 3.05) is 6.54 Å². The second-order valence-corrected chi connectivity index (χ2v) is 5.26. The van der Waals surface area contributed by atoms with Gasteiger partial charge in [0, 0.05) is 12.6 Å². The lowest BCUT2D eigenvalue weighted by Crippen LogP contribution is -2.35. The number of hydrogen-bond acceptors (Lipinski definition) is 4. The van der Waals surface area contributed by atoms with E-state index in [0.29, 0.717) is 12.5 Å². The van der Waals surface area contributed by atoms with Gasteiger partial charge < -0.3 is 5.11 Å². The van der Waals surface area contributed by atoms with Crippen molar-refractivity contribution >= 4 is 5.97 Å². The minimum atomic E-state index is -0.769. The van der Waals surface area contributed by atoms with Gasteiger partial charge in [-0.15, -0.1) is 0 Å². The minimum Gasteiger partial charge on any atom is -0.481 e. The zero-order valence-corrected chi connectivity index (χ0v) is 12.2. The average molecular weight is 268 g/mol. The molecule has 0 aliphatic rings. The third-order valence-electron chi connectivity index (χ3n) is 3.08.